The van der Waals surface area contributed by atoms with E-state index in [2.05, 4.69) is 15.1 Å². The lowest BCUT2D eigenvalue weighted by Gasteiger charge is -2.70. The first-order valence-corrected chi connectivity index (χ1v) is 11.8. The summed E-state index contributed by atoms with van der Waals surface area (Å²) < 4.78 is 0. The van der Waals surface area contributed by atoms with E-state index in [9.17, 15) is 9.59 Å². The Morgan fingerprint density at radius 3 is 1.79 bits per heavy atom. The van der Waals surface area contributed by atoms with Crippen LogP contribution in [0.25, 0.3) is 0 Å². The van der Waals surface area contributed by atoms with Crippen molar-refractivity contribution in [1.82, 2.24) is 15.1 Å². The molecule has 5 fully saturated rings. The fourth-order valence-corrected chi connectivity index (χ4v) is 6.48. The zero-order valence-corrected chi connectivity index (χ0v) is 17.8. The molecule has 1 saturated heterocycles. The highest BCUT2D eigenvalue weighted by atomic mass is 16.2. The molecule has 4 aliphatic carbocycles. The lowest BCUT2D eigenvalue weighted by atomic mass is 9.39. The molecule has 5 nitrogen and oxygen atoms in total. The van der Waals surface area contributed by atoms with Crippen LogP contribution in [0.4, 0.5) is 0 Å². The van der Waals surface area contributed by atoms with E-state index in [4.69, 9.17) is 0 Å². The van der Waals surface area contributed by atoms with Gasteiger partial charge in [-0.25, -0.2) is 0 Å². The highest BCUT2D eigenvalue weighted by Gasteiger charge is 2.72. The van der Waals surface area contributed by atoms with Crippen LogP contribution in [0.5, 0.6) is 0 Å². The summed E-state index contributed by atoms with van der Waals surface area (Å²) in [6.07, 6.45) is 16.5. The molecule has 158 valence electrons. The summed E-state index contributed by atoms with van der Waals surface area (Å²) in [6.45, 7) is 5.45. The molecule has 1 aliphatic heterocycles. The molecule has 1 N–H and O–H groups in total. The lowest BCUT2D eigenvalue weighted by molar-refractivity contribution is -0.194. The molecule has 28 heavy (non-hydrogen) atoms. The Labute approximate surface area is 170 Å². The van der Waals surface area contributed by atoms with Crippen molar-refractivity contribution < 1.29 is 9.59 Å². The maximum atomic E-state index is 13.1. The molecule has 0 atom stereocenters. The predicted octanol–water partition coefficient (Wildman–Crippen LogP) is 3.47. The van der Waals surface area contributed by atoms with Crippen molar-refractivity contribution in [2.75, 3.05) is 26.2 Å². The highest BCUT2D eigenvalue weighted by Crippen LogP contribution is 2.67. The van der Waals surface area contributed by atoms with E-state index in [1.807, 2.05) is 0 Å². The average Bonchev–Trinajstić information content (AvgIpc) is 2.68. The maximum Gasteiger partial charge on any atom is 0.229 e. The van der Waals surface area contributed by atoms with Crippen LogP contribution in [0.15, 0.2) is 0 Å². The van der Waals surface area contributed by atoms with E-state index < -0.39 is 0 Å². The SMILES string of the molecule is CC(=O)NC12CC(C(=O)N3CCN(C4CCCCCCCCCC4)CC3)(C1)C2. The summed E-state index contributed by atoms with van der Waals surface area (Å²) in [7, 11) is 0. The Bertz CT molecular complexity index is 551. The first kappa shape index (κ1) is 20.2. The van der Waals surface area contributed by atoms with Crippen molar-refractivity contribution in [2.24, 2.45) is 5.41 Å². The van der Waals surface area contributed by atoms with E-state index in [0.29, 0.717) is 5.91 Å². The molecule has 0 aromatic rings. The molecule has 5 aliphatic rings. The van der Waals surface area contributed by atoms with Gasteiger partial charge < -0.3 is 10.2 Å². The van der Waals surface area contributed by atoms with Crippen LogP contribution in [0.1, 0.15) is 90.4 Å². The summed E-state index contributed by atoms with van der Waals surface area (Å²) >= 11 is 0. The van der Waals surface area contributed by atoms with Crippen LogP contribution in [0.2, 0.25) is 0 Å². The predicted molar refractivity (Wildman–Crippen MR) is 111 cm³/mol. The Hall–Kier alpha value is -1.10. The number of hydrogen-bond donors (Lipinski definition) is 1. The molecule has 5 rings (SSSR count). The summed E-state index contributed by atoms with van der Waals surface area (Å²) in [6, 6.07) is 0.730. The molecule has 4 saturated carbocycles. The van der Waals surface area contributed by atoms with E-state index in [1.165, 1.54) is 64.2 Å². The van der Waals surface area contributed by atoms with E-state index in [1.54, 1.807) is 6.92 Å². The quantitative estimate of drug-likeness (QED) is 0.804. The number of carbonyl (C=O) groups excluding carboxylic acids is 2. The lowest BCUT2D eigenvalue weighted by Crippen LogP contribution is -2.78. The number of piperazine rings is 1. The first-order chi connectivity index (χ1) is 13.5. The minimum absolute atomic E-state index is 0.0377. The Morgan fingerprint density at radius 1 is 0.786 bits per heavy atom. The molecule has 2 amide bonds. The van der Waals surface area contributed by atoms with Gasteiger partial charge in [0.1, 0.15) is 0 Å². The van der Waals surface area contributed by atoms with Crippen LogP contribution in [-0.2, 0) is 9.59 Å². The number of amides is 2. The second-order valence-electron chi connectivity index (χ2n) is 10.2. The van der Waals surface area contributed by atoms with Crippen molar-refractivity contribution in [3.8, 4) is 0 Å². The zero-order chi connectivity index (χ0) is 19.6. The fraction of sp³-hybridized carbons (Fsp3) is 0.913. The third-order valence-corrected chi connectivity index (χ3v) is 7.87. The monoisotopic (exact) mass is 389 g/mol. The van der Waals surface area contributed by atoms with Crippen molar-refractivity contribution in [3.63, 3.8) is 0 Å². The first-order valence-electron chi connectivity index (χ1n) is 11.8. The third kappa shape index (κ3) is 4.10. The molecule has 2 bridgehead atoms. The van der Waals surface area contributed by atoms with Gasteiger partial charge in [-0.3, -0.25) is 14.5 Å². The van der Waals surface area contributed by atoms with Gasteiger partial charge >= 0.3 is 0 Å². The van der Waals surface area contributed by atoms with Crippen LogP contribution < -0.4 is 5.32 Å². The summed E-state index contributed by atoms with van der Waals surface area (Å²) in [5.41, 5.74) is -0.183. The fourth-order valence-electron chi connectivity index (χ4n) is 6.48. The molecule has 0 aromatic heterocycles. The van der Waals surface area contributed by atoms with Gasteiger partial charge in [-0.2, -0.15) is 0 Å². The van der Waals surface area contributed by atoms with E-state index in [0.717, 1.165) is 51.5 Å². The van der Waals surface area contributed by atoms with Crippen LogP contribution in [-0.4, -0.2) is 59.4 Å². The van der Waals surface area contributed by atoms with Crippen LogP contribution in [0, 0.1) is 5.41 Å². The van der Waals surface area contributed by atoms with E-state index >= 15 is 0 Å². The standard InChI is InChI=1S/C23H39N3O2/c1-19(27)24-23-16-22(17-23,18-23)21(28)26-14-12-25(13-15-26)20-10-8-6-4-2-3-5-7-9-11-20/h20H,2-18H2,1H3,(H,24,27). The summed E-state index contributed by atoms with van der Waals surface area (Å²) in [5, 5.41) is 3.06. The van der Waals surface area contributed by atoms with Gasteiger partial charge in [-0.15, -0.1) is 0 Å². The average molecular weight is 390 g/mol. The molecule has 0 radical (unpaired) electrons. The van der Waals surface area contributed by atoms with Gasteiger partial charge in [0.25, 0.3) is 0 Å². The van der Waals surface area contributed by atoms with Crippen molar-refractivity contribution in [2.45, 2.75) is 102 Å². The zero-order valence-electron chi connectivity index (χ0n) is 17.8. The largest absolute Gasteiger partial charge is 0.351 e. The Kier molecular flexibility index (Phi) is 6.01. The van der Waals surface area contributed by atoms with Gasteiger partial charge in [0.15, 0.2) is 0 Å². The minimum atomic E-state index is -0.140. The second kappa shape index (κ2) is 8.33. The number of nitrogens with one attached hydrogen (secondary N) is 1. The maximum absolute atomic E-state index is 13.1. The highest BCUT2D eigenvalue weighted by molar-refractivity contribution is 5.88. The van der Waals surface area contributed by atoms with Gasteiger partial charge in [-0.05, 0) is 32.1 Å². The Balaban J connectivity index is 1.24. The molecule has 0 spiro atoms. The van der Waals surface area contributed by atoms with Crippen LogP contribution in [0.3, 0.4) is 0 Å². The van der Waals surface area contributed by atoms with Crippen LogP contribution >= 0.6 is 0 Å². The summed E-state index contributed by atoms with van der Waals surface area (Å²) in [5.74, 6) is 0.401. The van der Waals surface area contributed by atoms with Gasteiger partial charge in [0, 0.05) is 44.7 Å². The molecular weight excluding hydrogens is 350 g/mol. The van der Waals surface area contributed by atoms with Gasteiger partial charge in [-0.1, -0.05) is 51.4 Å². The van der Waals surface area contributed by atoms with Gasteiger partial charge in [0.05, 0.1) is 5.41 Å². The normalized spacial score (nSPS) is 35.2. The number of rotatable bonds is 3. The smallest absolute Gasteiger partial charge is 0.229 e. The Morgan fingerprint density at radius 2 is 1.29 bits per heavy atom. The number of hydrogen-bond acceptors (Lipinski definition) is 3. The molecule has 0 aromatic carbocycles. The van der Waals surface area contributed by atoms with Crippen molar-refractivity contribution in [3.05, 3.63) is 0 Å². The third-order valence-electron chi connectivity index (χ3n) is 7.87. The molecule has 5 heteroatoms. The molecule has 0 unspecified atom stereocenters. The number of carbonyl (C=O) groups is 2. The number of nitrogens with zero attached hydrogens (tertiary/aromatic N) is 2. The summed E-state index contributed by atoms with van der Waals surface area (Å²) in [4.78, 5) is 29.2. The van der Waals surface area contributed by atoms with Crippen molar-refractivity contribution >= 4 is 11.8 Å². The molecular formula is C23H39N3O2. The second-order valence-corrected chi connectivity index (χ2v) is 10.2. The minimum Gasteiger partial charge on any atom is -0.351 e. The van der Waals surface area contributed by atoms with Gasteiger partial charge in [0.2, 0.25) is 11.8 Å². The molecule has 1 heterocycles. The van der Waals surface area contributed by atoms with Crippen molar-refractivity contribution in [1.29, 1.82) is 0 Å². The van der Waals surface area contributed by atoms with E-state index in [-0.39, 0.29) is 16.9 Å². The topological polar surface area (TPSA) is 52.7 Å².